The molecular formula is C17H25NO. The van der Waals surface area contributed by atoms with E-state index in [2.05, 4.69) is 38.2 Å². The first-order chi connectivity index (χ1) is 9.00. The number of carbonyl (C=O) groups excluding carboxylic acids is 1. The quantitative estimate of drug-likeness (QED) is 0.835. The Morgan fingerprint density at radius 1 is 1.21 bits per heavy atom. The third-order valence-electron chi connectivity index (χ3n) is 4.44. The summed E-state index contributed by atoms with van der Waals surface area (Å²) in [6.45, 7) is 9.36. The van der Waals surface area contributed by atoms with Crippen molar-refractivity contribution in [3.8, 4) is 0 Å². The number of carbonyl (C=O) groups is 1. The fourth-order valence-corrected chi connectivity index (χ4v) is 3.22. The van der Waals surface area contributed by atoms with E-state index in [1.807, 2.05) is 6.92 Å². The van der Waals surface area contributed by atoms with Crippen LogP contribution in [0.5, 0.6) is 0 Å². The topological polar surface area (TPSA) is 29.1 Å². The predicted octanol–water partition coefficient (Wildman–Crippen LogP) is 3.72. The van der Waals surface area contributed by atoms with Gasteiger partial charge in [-0.2, -0.15) is 0 Å². The van der Waals surface area contributed by atoms with Crippen LogP contribution in [0.15, 0.2) is 12.1 Å². The van der Waals surface area contributed by atoms with Crippen LogP contribution in [0.3, 0.4) is 0 Å². The fourth-order valence-electron chi connectivity index (χ4n) is 3.22. The van der Waals surface area contributed by atoms with Crippen molar-refractivity contribution in [2.45, 2.75) is 58.9 Å². The number of hydrogen-bond donors (Lipinski definition) is 1. The second-order valence-corrected chi connectivity index (χ2v) is 5.94. The maximum Gasteiger partial charge on any atom is 0.183 e. The number of hydrogen-bond acceptors (Lipinski definition) is 2. The number of rotatable bonds is 4. The van der Waals surface area contributed by atoms with E-state index in [9.17, 15) is 4.79 Å². The normalized spacial score (nSPS) is 22.7. The van der Waals surface area contributed by atoms with Gasteiger partial charge < -0.3 is 5.32 Å². The van der Waals surface area contributed by atoms with Crippen LogP contribution in [0.1, 0.15) is 59.7 Å². The molecule has 2 nitrogen and oxygen atoms in total. The molecule has 1 heterocycles. The molecule has 0 radical (unpaired) electrons. The van der Waals surface area contributed by atoms with Gasteiger partial charge >= 0.3 is 0 Å². The molecule has 1 N–H and O–H groups in total. The summed E-state index contributed by atoms with van der Waals surface area (Å²) in [6, 6.07) is 4.21. The van der Waals surface area contributed by atoms with Gasteiger partial charge in [-0.3, -0.25) is 4.79 Å². The fraction of sp³-hybridized carbons (Fsp3) is 0.588. The molecule has 1 aliphatic heterocycles. The maximum absolute atomic E-state index is 13.0. The van der Waals surface area contributed by atoms with E-state index >= 15 is 0 Å². The van der Waals surface area contributed by atoms with Crippen LogP contribution in [0, 0.1) is 20.8 Å². The van der Waals surface area contributed by atoms with Crippen LogP contribution < -0.4 is 5.32 Å². The lowest BCUT2D eigenvalue weighted by Crippen LogP contribution is -2.47. The molecule has 0 amide bonds. The van der Waals surface area contributed by atoms with Crippen LogP contribution in [-0.4, -0.2) is 17.9 Å². The first kappa shape index (κ1) is 14.3. The van der Waals surface area contributed by atoms with Gasteiger partial charge in [-0.25, -0.2) is 0 Å². The molecule has 0 bridgehead atoms. The molecule has 0 saturated carbocycles. The lowest BCUT2D eigenvalue weighted by atomic mass is 9.82. The van der Waals surface area contributed by atoms with E-state index in [1.54, 1.807) is 0 Å². The molecular weight excluding hydrogens is 234 g/mol. The molecule has 19 heavy (non-hydrogen) atoms. The van der Waals surface area contributed by atoms with Crippen LogP contribution >= 0.6 is 0 Å². The average molecular weight is 259 g/mol. The predicted molar refractivity (Wildman–Crippen MR) is 79.9 cm³/mol. The minimum atomic E-state index is -0.304. The van der Waals surface area contributed by atoms with Crippen molar-refractivity contribution in [3.63, 3.8) is 0 Å². The zero-order valence-corrected chi connectivity index (χ0v) is 12.6. The number of nitrogens with one attached hydrogen (secondary N) is 1. The van der Waals surface area contributed by atoms with Gasteiger partial charge in [0.25, 0.3) is 0 Å². The van der Waals surface area contributed by atoms with Gasteiger partial charge in [0, 0.05) is 5.56 Å². The van der Waals surface area contributed by atoms with E-state index in [0.717, 1.165) is 43.4 Å². The van der Waals surface area contributed by atoms with E-state index < -0.39 is 0 Å². The van der Waals surface area contributed by atoms with Crippen molar-refractivity contribution in [2.24, 2.45) is 0 Å². The third kappa shape index (κ3) is 2.59. The van der Waals surface area contributed by atoms with Gasteiger partial charge in [0.15, 0.2) is 5.78 Å². The summed E-state index contributed by atoms with van der Waals surface area (Å²) < 4.78 is 0. The molecule has 1 atom stereocenters. The van der Waals surface area contributed by atoms with Gasteiger partial charge in [-0.15, -0.1) is 0 Å². The monoisotopic (exact) mass is 259 g/mol. The summed E-state index contributed by atoms with van der Waals surface area (Å²) in [5.41, 5.74) is 4.18. The molecule has 1 unspecified atom stereocenters. The number of benzene rings is 1. The second-order valence-electron chi connectivity index (χ2n) is 5.94. The summed E-state index contributed by atoms with van der Waals surface area (Å²) in [5.74, 6) is 0.299. The minimum Gasteiger partial charge on any atom is -0.305 e. The first-order valence-corrected chi connectivity index (χ1v) is 7.38. The zero-order chi connectivity index (χ0) is 14.0. The van der Waals surface area contributed by atoms with E-state index in [-0.39, 0.29) is 5.54 Å². The Balaban J connectivity index is 2.40. The molecule has 104 valence electrons. The smallest absolute Gasteiger partial charge is 0.183 e. The van der Waals surface area contributed by atoms with Crippen LogP contribution in [-0.2, 0) is 0 Å². The lowest BCUT2D eigenvalue weighted by molar-refractivity contribution is 0.0857. The van der Waals surface area contributed by atoms with Crippen LogP contribution in [0.4, 0.5) is 0 Å². The molecule has 0 aliphatic carbocycles. The molecule has 1 aromatic rings. The summed E-state index contributed by atoms with van der Waals surface area (Å²) >= 11 is 0. The second kappa shape index (κ2) is 5.46. The maximum atomic E-state index is 13.0. The van der Waals surface area contributed by atoms with Crippen molar-refractivity contribution in [2.75, 3.05) is 6.54 Å². The van der Waals surface area contributed by atoms with Gasteiger partial charge in [0.2, 0.25) is 0 Å². The van der Waals surface area contributed by atoms with E-state index in [4.69, 9.17) is 0 Å². The first-order valence-electron chi connectivity index (χ1n) is 7.38. The van der Waals surface area contributed by atoms with Crippen molar-refractivity contribution in [1.82, 2.24) is 5.32 Å². The minimum absolute atomic E-state index is 0.299. The molecule has 0 aromatic heterocycles. The molecule has 2 heteroatoms. The van der Waals surface area contributed by atoms with Crippen molar-refractivity contribution >= 4 is 5.78 Å². The summed E-state index contributed by atoms with van der Waals surface area (Å²) in [7, 11) is 0. The Labute approximate surface area is 116 Å². The van der Waals surface area contributed by atoms with E-state index in [0.29, 0.717) is 5.78 Å². The van der Waals surface area contributed by atoms with Gasteiger partial charge in [0.1, 0.15) is 0 Å². The van der Waals surface area contributed by atoms with Gasteiger partial charge in [-0.05, 0) is 69.3 Å². The van der Waals surface area contributed by atoms with Crippen molar-refractivity contribution in [3.05, 3.63) is 34.4 Å². The zero-order valence-electron chi connectivity index (χ0n) is 12.6. The summed E-state index contributed by atoms with van der Waals surface area (Å²) in [5, 5.41) is 3.48. The Bertz CT molecular complexity index is 484. The highest BCUT2D eigenvalue weighted by molar-refractivity contribution is 6.04. The number of ketones is 1. The molecule has 1 saturated heterocycles. The van der Waals surface area contributed by atoms with Gasteiger partial charge in [0.05, 0.1) is 5.54 Å². The van der Waals surface area contributed by atoms with E-state index in [1.165, 1.54) is 11.1 Å². The molecule has 2 rings (SSSR count). The third-order valence-corrected chi connectivity index (χ3v) is 4.44. The highest BCUT2D eigenvalue weighted by Gasteiger charge is 2.40. The SMILES string of the molecule is CCCC1(C(=O)c2cc(C)c(C)cc2C)CCCN1. The number of Topliss-reactive ketones (excluding diaryl/α,β-unsaturated/α-hetero) is 1. The van der Waals surface area contributed by atoms with Crippen molar-refractivity contribution in [1.29, 1.82) is 0 Å². The van der Waals surface area contributed by atoms with Crippen LogP contribution in [0.25, 0.3) is 0 Å². The molecule has 1 aliphatic rings. The highest BCUT2D eigenvalue weighted by Crippen LogP contribution is 2.30. The van der Waals surface area contributed by atoms with Crippen molar-refractivity contribution < 1.29 is 4.79 Å². The Hall–Kier alpha value is -1.15. The molecule has 1 fully saturated rings. The lowest BCUT2D eigenvalue weighted by Gasteiger charge is -2.28. The highest BCUT2D eigenvalue weighted by atomic mass is 16.1. The summed E-state index contributed by atoms with van der Waals surface area (Å²) in [6.07, 6.45) is 4.07. The van der Waals surface area contributed by atoms with Crippen LogP contribution in [0.2, 0.25) is 0 Å². The Morgan fingerprint density at radius 2 is 1.89 bits per heavy atom. The average Bonchev–Trinajstić information content (AvgIpc) is 2.83. The number of aryl methyl sites for hydroxylation is 3. The Morgan fingerprint density at radius 3 is 2.47 bits per heavy atom. The standard InChI is InChI=1S/C17H25NO/c1-5-7-17(8-6-9-18-17)16(19)15-11-13(3)12(2)10-14(15)4/h10-11,18H,5-9H2,1-4H3. The Kier molecular flexibility index (Phi) is 4.10. The summed E-state index contributed by atoms with van der Waals surface area (Å²) in [4.78, 5) is 13.0. The molecule has 1 aromatic carbocycles. The largest absolute Gasteiger partial charge is 0.305 e. The van der Waals surface area contributed by atoms with Gasteiger partial charge in [-0.1, -0.05) is 19.4 Å². The molecule has 0 spiro atoms.